The average Bonchev–Trinajstić information content (AvgIpc) is 3.14. The van der Waals surface area contributed by atoms with Crippen molar-refractivity contribution in [3.8, 4) is 16.3 Å². The summed E-state index contributed by atoms with van der Waals surface area (Å²) in [6.45, 7) is 4.27. The third-order valence-corrected chi connectivity index (χ3v) is 5.44. The Hall–Kier alpha value is -3.19. The van der Waals surface area contributed by atoms with Crippen LogP contribution in [0, 0.1) is 6.92 Å². The molecular formula is C22H23N3O3S. The molecule has 0 aliphatic rings. The highest BCUT2D eigenvalue weighted by Gasteiger charge is 2.17. The molecule has 2 amide bonds. The fourth-order valence-electron chi connectivity index (χ4n) is 2.81. The lowest BCUT2D eigenvalue weighted by Crippen LogP contribution is -2.41. The second-order valence-electron chi connectivity index (χ2n) is 6.34. The van der Waals surface area contributed by atoms with Crippen molar-refractivity contribution < 1.29 is 14.3 Å². The van der Waals surface area contributed by atoms with Gasteiger partial charge in [0.1, 0.15) is 15.6 Å². The van der Waals surface area contributed by atoms with Crippen LogP contribution in [-0.4, -0.2) is 23.4 Å². The molecule has 6 nitrogen and oxygen atoms in total. The molecule has 3 rings (SSSR count). The zero-order valence-corrected chi connectivity index (χ0v) is 17.2. The Morgan fingerprint density at radius 2 is 1.76 bits per heavy atom. The number of amides is 2. The van der Waals surface area contributed by atoms with Gasteiger partial charge in [0.2, 0.25) is 5.91 Å². The number of para-hydroxylation sites is 1. The second-order valence-corrected chi connectivity index (χ2v) is 7.34. The molecule has 0 fully saturated rings. The van der Waals surface area contributed by atoms with Crippen LogP contribution in [0.1, 0.15) is 34.3 Å². The Kier molecular flexibility index (Phi) is 6.97. The molecule has 0 radical (unpaired) electrons. The van der Waals surface area contributed by atoms with E-state index in [2.05, 4.69) is 15.8 Å². The predicted molar refractivity (Wildman–Crippen MR) is 114 cm³/mol. The van der Waals surface area contributed by atoms with Crippen LogP contribution in [0.15, 0.2) is 54.6 Å². The maximum Gasteiger partial charge on any atom is 0.281 e. The highest BCUT2D eigenvalue weighted by Crippen LogP contribution is 2.27. The van der Waals surface area contributed by atoms with E-state index in [0.717, 1.165) is 21.9 Å². The lowest BCUT2D eigenvalue weighted by Gasteiger charge is -2.10. The third kappa shape index (κ3) is 5.42. The molecule has 1 aromatic heterocycles. The fraction of sp³-hybridized carbons (Fsp3) is 0.227. The molecule has 0 aliphatic carbocycles. The number of nitrogens with one attached hydrogen (secondary N) is 2. The largest absolute Gasteiger partial charge is 0.494 e. The van der Waals surface area contributed by atoms with Gasteiger partial charge in [-0.25, -0.2) is 4.98 Å². The van der Waals surface area contributed by atoms with E-state index in [4.69, 9.17) is 4.74 Å². The number of carbonyl (C=O) groups excluding carboxylic acids is 2. The number of nitrogens with zero attached hydrogens (tertiary/aromatic N) is 1. The van der Waals surface area contributed by atoms with Crippen molar-refractivity contribution in [3.63, 3.8) is 0 Å². The average molecular weight is 410 g/mol. The number of ether oxygens (including phenoxy) is 1. The summed E-state index contributed by atoms with van der Waals surface area (Å²) in [6, 6.07) is 17.3. The Balaban J connectivity index is 1.54. The van der Waals surface area contributed by atoms with E-state index in [-0.39, 0.29) is 18.2 Å². The highest BCUT2D eigenvalue weighted by atomic mass is 32.1. The zero-order valence-electron chi connectivity index (χ0n) is 16.4. The number of hydrogen-bond donors (Lipinski definition) is 2. The first-order chi connectivity index (χ1) is 14.1. The topological polar surface area (TPSA) is 80.3 Å². The van der Waals surface area contributed by atoms with Gasteiger partial charge in [-0.1, -0.05) is 48.5 Å². The molecule has 2 N–H and O–H groups in total. The minimum atomic E-state index is -0.370. The molecule has 0 aliphatic heterocycles. The number of rotatable bonds is 7. The van der Waals surface area contributed by atoms with Gasteiger partial charge in [0.25, 0.3) is 5.91 Å². The molecule has 0 atom stereocenters. The van der Waals surface area contributed by atoms with E-state index in [0.29, 0.717) is 23.6 Å². The van der Waals surface area contributed by atoms with Crippen molar-refractivity contribution >= 4 is 23.2 Å². The van der Waals surface area contributed by atoms with E-state index in [1.807, 2.05) is 61.5 Å². The first-order valence-corrected chi connectivity index (χ1v) is 10.2. The minimum absolute atomic E-state index is 0.237. The van der Waals surface area contributed by atoms with Crippen LogP contribution in [0.5, 0.6) is 5.75 Å². The van der Waals surface area contributed by atoms with E-state index < -0.39 is 0 Å². The molecule has 0 unspecified atom stereocenters. The molecule has 2 aromatic carbocycles. The molecule has 0 spiro atoms. The van der Waals surface area contributed by atoms with Gasteiger partial charge >= 0.3 is 0 Å². The molecule has 0 saturated heterocycles. The van der Waals surface area contributed by atoms with Crippen LogP contribution >= 0.6 is 11.3 Å². The van der Waals surface area contributed by atoms with E-state index in [9.17, 15) is 9.59 Å². The third-order valence-electron chi connectivity index (χ3n) is 4.23. The highest BCUT2D eigenvalue weighted by molar-refractivity contribution is 7.17. The first kappa shape index (κ1) is 20.5. The first-order valence-electron chi connectivity index (χ1n) is 9.41. The van der Waals surface area contributed by atoms with Crippen LogP contribution in [0.2, 0.25) is 0 Å². The molecule has 150 valence electrons. The van der Waals surface area contributed by atoms with Crippen LogP contribution in [0.4, 0.5) is 0 Å². The van der Waals surface area contributed by atoms with Gasteiger partial charge in [0.05, 0.1) is 12.3 Å². The summed E-state index contributed by atoms with van der Waals surface area (Å²) in [5.74, 6) is 0.140. The van der Waals surface area contributed by atoms with E-state index in [1.54, 1.807) is 6.92 Å². The van der Waals surface area contributed by atoms with Gasteiger partial charge in [-0.3, -0.25) is 20.4 Å². The van der Waals surface area contributed by atoms with Gasteiger partial charge < -0.3 is 4.74 Å². The molecule has 0 bridgehead atoms. The van der Waals surface area contributed by atoms with E-state index >= 15 is 0 Å². The lowest BCUT2D eigenvalue weighted by molar-refractivity contribution is -0.121. The lowest BCUT2D eigenvalue weighted by atomic mass is 10.1. The number of hydrazine groups is 1. The maximum atomic E-state index is 12.5. The Morgan fingerprint density at radius 3 is 2.52 bits per heavy atom. The number of hydrogen-bond acceptors (Lipinski definition) is 5. The minimum Gasteiger partial charge on any atom is -0.494 e. The van der Waals surface area contributed by atoms with Crippen LogP contribution in [0.3, 0.4) is 0 Å². The number of benzene rings is 2. The van der Waals surface area contributed by atoms with Gasteiger partial charge in [-0.2, -0.15) is 0 Å². The summed E-state index contributed by atoms with van der Waals surface area (Å²) in [4.78, 5) is 29.5. The summed E-state index contributed by atoms with van der Waals surface area (Å²) in [5, 5.41) is 0.770. The SMILES string of the molecule is CCOc1ccccc1CCC(=O)NNC(=O)c1sc(-c2ccccc2)nc1C. The number of aromatic nitrogens is 1. The molecule has 1 heterocycles. The number of thiazole rings is 1. The molecule has 3 aromatic rings. The fourth-order valence-corrected chi connectivity index (χ4v) is 3.78. The molecule has 29 heavy (non-hydrogen) atoms. The van der Waals surface area contributed by atoms with Crippen molar-refractivity contribution in [1.29, 1.82) is 0 Å². The summed E-state index contributed by atoms with van der Waals surface area (Å²) < 4.78 is 5.57. The Labute approximate surface area is 173 Å². The predicted octanol–water partition coefficient (Wildman–Crippen LogP) is 3.91. The number of carbonyl (C=O) groups is 2. The van der Waals surface area contributed by atoms with Crippen molar-refractivity contribution in [2.45, 2.75) is 26.7 Å². The van der Waals surface area contributed by atoms with Crippen molar-refractivity contribution in [2.75, 3.05) is 6.61 Å². The Bertz CT molecular complexity index is 986. The van der Waals surface area contributed by atoms with Gasteiger partial charge in [-0.15, -0.1) is 11.3 Å². The van der Waals surface area contributed by atoms with Gasteiger partial charge in [0, 0.05) is 12.0 Å². The van der Waals surface area contributed by atoms with E-state index in [1.165, 1.54) is 11.3 Å². The van der Waals surface area contributed by atoms with Crippen molar-refractivity contribution in [2.24, 2.45) is 0 Å². The smallest absolute Gasteiger partial charge is 0.281 e. The van der Waals surface area contributed by atoms with Crippen molar-refractivity contribution in [1.82, 2.24) is 15.8 Å². The quantitative estimate of drug-likeness (QED) is 0.580. The normalized spacial score (nSPS) is 10.4. The Morgan fingerprint density at radius 1 is 1.03 bits per heavy atom. The van der Waals surface area contributed by atoms with Crippen molar-refractivity contribution in [3.05, 3.63) is 70.7 Å². The second kappa shape index (κ2) is 9.84. The van der Waals surface area contributed by atoms with Crippen LogP contribution < -0.4 is 15.6 Å². The summed E-state index contributed by atoms with van der Waals surface area (Å²) in [7, 11) is 0. The zero-order chi connectivity index (χ0) is 20.6. The van der Waals surface area contributed by atoms with Crippen LogP contribution in [-0.2, 0) is 11.2 Å². The summed E-state index contributed by atoms with van der Waals surface area (Å²) >= 11 is 1.30. The standard InChI is InChI=1S/C22H23N3O3S/c1-3-28-18-12-8-7-9-16(18)13-14-19(26)24-25-21(27)20-15(2)23-22(29-20)17-10-5-4-6-11-17/h4-12H,3,13-14H2,1-2H3,(H,24,26)(H,25,27). The maximum absolute atomic E-state index is 12.5. The molecule has 7 heteroatoms. The summed E-state index contributed by atoms with van der Waals surface area (Å²) in [6.07, 6.45) is 0.761. The molecular weight excluding hydrogens is 386 g/mol. The van der Waals surface area contributed by atoms with Gasteiger partial charge in [0.15, 0.2) is 0 Å². The molecule has 0 saturated carbocycles. The van der Waals surface area contributed by atoms with Crippen LogP contribution in [0.25, 0.3) is 10.6 Å². The van der Waals surface area contributed by atoms with Gasteiger partial charge in [-0.05, 0) is 31.9 Å². The summed E-state index contributed by atoms with van der Waals surface area (Å²) in [5.41, 5.74) is 7.51. The number of aryl methyl sites for hydroxylation is 2. The monoisotopic (exact) mass is 409 g/mol.